The summed E-state index contributed by atoms with van der Waals surface area (Å²) in [6.45, 7) is 9.73. The van der Waals surface area contributed by atoms with Gasteiger partial charge in [-0.1, -0.05) is 6.07 Å². The molecule has 0 aliphatic heterocycles. The maximum atomic E-state index is 12.1. The summed E-state index contributed by atoms with van der Waals surface area (Å²) in [5.74, 6) is -0.213. The minimum atomic E-state index is -0.538. The van der Waals surface area contributed by atoms with Crippen molar-refractivity contribution in [3.8, 4) is 0 Å². The number of nitrogens with one attached hydrogen (secondary N) is 2. The van der Waals surface area contributed by atoms with E-state index < -0.39 is 11.7 Å². The third-order valence-corrected chi connectivity index (χ3v) is 2.94. The molecule has 1 aromatic rings. The number of alkyl carbamates (subject to hydrolysis) is 1. The third kappa shape index (κ3) is 5.63. The molecule has 6 heteroatoms. The fourth-order valence-corrected chi connectivity index (χ4v) is 1.86. The van der Waals surface area contributed by atoms with Crippen molar-refractivity contribution in [2.24, 2.45) is 0 Å². The molecule has 0 atom stereocenters. The second-order valence-electron chi connectivity index (χ2n) is 6.21. The lowest BCUT2D eigenvalue weighted by atomic mass is 10.0. The molecule has 1 rings (SSSR count). The molecule has 0 aliphatic rings. The number of rotatable bonds is 4. The summed E-state index contributed by atoms with van der Waals surface area (Å²) in [5.41, 5.74) is 8.23. The minimum Gasteiger partial charge on any atom is -0.444 e. The van der Waals surface area contributed by atoms with E-state index in [9.17, 15) is 9.59 Å². The lowest BCUT2D eigenvalue weighted by Gasteiger charge is -2.19. The molecule has 22 heavy (non-hydrogen) atoms. The maximum absolute atomic E-state index is 12.1. The maximum Gasteiger partial charge on any atom is 0.407 e. The summed E-state index contributed by atoms with van der Waals surface area (Å²) in [6, 6.07) is 3.55. The summed E-state index contributed by atoms with van der Waals surface area (Å²) >= 11 is 0. The van der Waals surface area contributed by atoms with Gasteiger partial charge in [0, 0.05) is 24.3 Å². The number of nitrogen functional groups attached to an aromatic ring is 1. The van der Waals surface area contributed by atoms with E-state index in [0.29, 0.717) is 24.3 Å². The van der Waals surface area contributed by atoms with E-state index in [4.69, 9.17) is 10.5 Å². The molecule has 0 fully saturated rings. The molecule has 122 valence electrons. The topological polar surface area (TPSA) is 93.5 Å². The van der Waals surface area contributed by atoms with Gasteiger partial charge in [-0.05, 0) is 51.8 Å². The van der Waals surface area contributed by atoms with Gasteiger partial charge in [0.25, 0.3) is 5.91 Å². The zero-order valence-electron chi connectivity index (χ0n) is 13.9. The molecular formula is C16H25N3O3. The molecule has 0 radical (unpaired) electrons. The number of hydrogen-bond donors (Lipinski definition) is 3. The minimum absolute atomic E-state index is 0.213. The Kier molecular flexibility index (Phi) is 5.79. The fraction of sp³-hybridized carbons (Fsp3) is 0.500. The number of carbonyl (C=O) groups excluding carboxylic acids is 2. The molecule has 2 amide bonds. The van der Waals surface area contributed by atoms with E-state index in [1.165, 1.54) is 0 Å². The van der Waals surface area contributed by atoms with Crippen LogP contribution in [0.1, 0.15) is 42.3 Å². The number of anilines is 1. The van der Waals surface area contributed by atoms with E-state index in [-0.39, 0.29) is 5.91 Å². The van der Waals surface area contributed by atoms with Crippen LogP contribution in [0, 0.1) is 13.8 Å². The van der Waals surface area contributed by atoms with Crippen LogP contribution in [0.5, 0.6) is 0 Å². The van der Waals surface area contributed by atoms with Crippen LogP contribution in [0.3, 0.4) is 0 Å². The molecule has 1 aromatic carbocycles. The van der Waals surface area contributed by atoms with E-state index >= 15 is 0 Å². The van der Waals surface area contributed by atoms with Gasteiger partial charge in [0.15, 0.2) is 0 Å². The summed E-state index contributed by atoms with van der Waals surface area (Å²) in [7, 11) is 0. The number of hydrogen-bond acceptors (Lipinski definition) is 4. The van der Waals surface area contributed by atoms with Crippen LogP contribution in [0.15, 0.2) is 12.1 Å². The Hall–Kier alpha value is -2.24. The lowest BCUT2D eigenvalue weighted by molar-refractivity contribution is 0.0526. The number of nitrogens with two attached hydrogens (primary N) is 1. The summed E-state index contributed by atoms with van der Waals surface area (Å²) in [4.78, 5) is 23.5. The zero-order chi connectivity index (χ0) is 16.9. The van der Waals surface area contributed by atoms with Crippen molar-refractivity contribution in [3.05, 3.63) is 28.8 Å². The van der Waals surface area contributed by atoms with Crippen LogP contribution in [0.25, 0.3) is 0 Å². The van der Waals surface area contributed by atoms with Crippen LogP contribution in [0.4, 0.5) is 10.5 Å². The lowest BCUT2D eigenvalue weighted by Crippen LogP contribution is -2.38. The predicted molar refractivity (Wildman–Crippen MR) is 86.9 cm³/mol. The van der Waals surface area contributed by atoms with E-state index in [1.807, 2.05) is 19.9 Å². The van der Waals surface area contributed by atoms with Crippen molar-refractivity contribution < 1.29 is 14.3 Å². The molecule has 0 saturated carbocycles. The number of ether oxygens (including phenoxy) is 1. The number of amides is 2. The summed E-state index contributed by atoms with van der Waals surface area (Å²) in [5, 5.41) is 5.32. The Morgan fingerprint density at radius 3 is 2.27 bits per heavy atom. The fourth-order valence-electron chi connectivity index (χ4n) is 1.86. The van der Waals surface area contributed by atoms with Crippen molar-refractivity contribution in [1.29, 1.82) is 0 Å². The van der Waals surface area contributed by atoms with Gasteiger partial charge in [0.1, 0.15) is 5.60 Å². The van der Waals surface area contributed by atoms with Crippen molar-refractivity contribution in [2.75, 3.05) is 18.8 Å². The van der Waals surface area contributed by atoms with Gasteiger partial charge >= 0.3 is 6.09 Å². The highest BCUT2D eigenvalue weighted by molar-refractivity contribution is 5.96. The zero-order valence-corrected chi connectivity index (χ0v) is 13.9. The first-order valence-electron chi connectivity index (χ1n) is 7.22. The van der Waals surface area contributed by atoms with Gasteiger partial charge in [-0.2, -0.15) is 0 Å². The van der Waals surface area contributed by atoms with Crippen molar-refractivity contribution >= 4 is 17.7 Å². The Morgan fingerprint density at radius 1 is 1.09 bits per heavy atom. The van der Waals surface area contributed by atoms with Crippen molar-refractivity contribution in [1.82, 2.24) is 10.6 Å². The molecule has 0 spiro atoms. The molecule has 0 aliphatic carbocycles. The normalized spacial score (nSPS) is 11.0. The van der Waals surface area contributed by atoms with Gasteiger partial charge in [0.05, 0.1) is 0 Å². The molecular weight excluding hydrogens is 282 g/mol. The quantitative estimate of drug-likeness (QED) is 0.587. The molecule has 0 heterocycles. The third-order valence-electron chi connectivity index (χ3n) is 2.94. The Morgan fingerprint density at radius 2 is 1.68 bits per heavy atom. The highest BCUT2D eigenvalue weighted by Gasteiger charge is 2.15. The Labute approximate surface area is 131 Å². The average Bonchev–Trinajstić information content (AvgIpc) is 2.36. The molecule has 6 nitrogen and oxygen atoms in total. The summed E-state index contributed by atoms with van der Waals surface area (Å²) < 4.78 is 5.10. The van der Waals surface area contributed by atoms with Gasteiger partial charge in [-0.25, -0.2) is 4.79 Å². The van der Waals surface area contributed by atoms with E-state index in [0.717, 1.165) is 11.1 Å². The average molecular weight is 307 g/mol. The van der Waals surface area contributed by atoms with Crippen LogP contribution >= 0.6 is 0 Å². The van der Waals surface area contributed by atoms with Gasteiger partial charge in [-0.3, -0.25) is 4.79 Å². The van der Waals surface area contributed by atoms with E-state index in [2.05, 4.69) is 10.6 Å². The van der Waals surface area contributed by atoms with Crippen LogP contribution in [-0.4, -0.2) is 30.7 Å². The number of benzene rings is 1. The van der Waals surface area contributed by atoms with Crippen molar-refractivity contribution in [3.63, 3.8) is 0 Å². The van der Waals surface area contributed by atoms with Gasteiger partial charge < -0.3 is 21.1 Å². The molecule has 0 aromatic heterocycles. The predicted octanol–water partition coefficient (Wildman–Crippen LogP) is 2.14. The van der Waals surface area contributed by atoms with Crippen molar-refractivity contribution in [2.45, 2.75) is 40.2 Å². The molecule has 0 unspecified atom stereocenters. The second kappa shape index (κ2) is 7.15. The van der Waals surface area contributed by atoms with Crippen LogP contribution in [0.2, 0.25) is 0 Å². The molecule has 4 N–H and O–H groups in total. The largest absolute Gasteiger partial charge is 0.444 e. The first-order chi connectivity index (χ1) is 10.1. The molecule has 0 bridgehead atoms. The second-order valence-corrected chi connectivity index (χ2v) is 6.21. The number of aryl methyl sites for hydroxylation is 2. The summed E-state index contributed by atoms with van der Waals surface area (Å²) in [6.07, 6.45) is -0.502. The van der Waals surface area contributed by atoms with Gasteiger partial charge in [-0.15, -0.1) is 0 Å². The van der Waals surface area contributed by atoms with Gasteiger partial charge in [0.2, 0.25) is 0 Å². The Balaban J connectivity index is 2.44. The van der Waals surface area contributed by atoms with Crippen LogP contribution in [-0.2, 0) is 4.74 Å². The Bertz CT molecular complexity index is 562. The standard InChI is InChI=1S/C16H25N3O3/c1-10-8-11(2)13(17)9-12(10)14(20)18-6-7-19-15(21)22-16(3,4)5/h8-9H,6-7,17H2,1-5H3,(H,18,20)(H,19,21). The molecule has 0 saturated heterocycles. The van der Waals surface area contributed by atoms with Crippen LogP contribution < -0.4 is 16.4 Å². The SMILES string of the molecule is Cc1cc(C)c(C(=O)NCCNC(=O)OC(C)(C)C)cc1N. The van der Waals surface area contributed by atoms with E-state index in [1.54, 1.807) is 26.8 Å². The first kappa shape index (κ1) is 17.8. The highest BCUT2D eigenvalue weighted by Crippen LogP contribution is 2.17. The highest BCUT2D eigenvalue weighted by atomic mass is 16.6. The number of carbonyl (C=O) groups is 2. The first-order valence-corrected chi connectivity index (χ1v) is 7.22. The monoisotopic (exact) mass is 307 g/mol. The smallest absolute Gasteiger partial charge is 0.407 e.